The van der Waals surface area contributed by atoms with E-state index >= 15 is 0 Å². The van der Waals surface area contributed by atoms with Crippen molar-refractivity contribution in [2.24, 2.45) is 0 Å². The first-order valence-corrected chi connectivity index (χ1v) is 50.1. The number of likely N-dealkylation sites (tertiary alicyclic amines) is 3. The number of nitrogens with one attached hydrogen (secondary N) is 3. The van der Waals surface area contributed by atoms with Crippen LogP contribution in [-0.2, 0) is 33.0 Å². The topological polar surface area (TPSA) is 360 Å². The summed E-state index contributed by atoms with van der Waals surface area (Å²) in [6.45, 7) is 50.4. The zero-order chi connectivity index (χ0) is 101. The van der Waals surface area contributed by atoms with Crippen molar-refractivity contribution >= 4 is 118 Å². The van der Waals surface area contributed by atoms with Crippen LogP contribution >= 0.6 is 47.2 Å². The maximum Gasteiger partial charge on any atom is 0.490 e. The van der Waals surface area contributed by atoms with Crippen LogP contribution in [0.1, 0.15) is 257 Å². The van der Waals surface area contributed by atoms with Crippen LogP contribution in [0, 0.1) is 0 Å². The molecule has 0 bridgehead atoms. The largest absolute Gasteiger partial charge is 0.490 e. The maximum absolute atomic E-state index is 12.4. The monoisotopic (exact) mass is 2030 g/mol. The lowest BCUT2D eigenvalue weighted by Crippen LogP contribution is -2.50. The Morgan fingerprint density at radius 1 is 0.366 bits per heavy atom. The SMILES string of the molecule is CC(C)(C)OC(=O)N1CC(c2nccnc2Cl)C1.CC(C)(C)OC(=O)N1CC=C(B2OC(C)(C)C(C)(C)O2)CC1.CC(C)(C)OC(=O)N1CC=C(c2nccnc2C2CNC2)CC1.CC(C)(C)OC(=O)N1CCC(c2nccnc2C2CN(c3ccc4ccccc4n3)C2)CC1.CC(C)(C)OC(=O)N1CCC(c2nccnc2C2CNC2)CC1.Cl.Clc1ccc2ccccc2n1.Clc1nccnc1C1CNC1. The molecule has 0 saturated carbocycles. The van der Waals surface area contributed by atoms with Gasteiger partial charge in [0.15, 0.2) is 10.3 Å². The molecule has 0 atom stereocenters. The third kappa shape index (κ3) is 30.9. The first-order chi connectivity index (χ1) is 66.8. The van der Waals surface area contributed by atoms with E-state index in [2.05, 4.69) is 96.0 Å². The molecule has 9 aromatic rings. The molecule has 0 unspecified atom stereocenters. The second kappa shape index (κ2) is 48.3. The number of piperidine rings is 2. The number of aromatic nitrogens is 12. The van der Waals surface area contributed by atoms with E-state index in [-0.39, 0.29) is 67.1 Å². The molecule has 0 aliphatic carbocycles. The summed E-state index contributed by atoms with van der Waals surface area (Å²) in [5.41, 5.74) is 9.49. The molecule has 17 heterocycles. The molecule has 10 aliphatic rings. The number of rotatable bonds is 10. The van der Waals surface area contributed by atoms with Crippen LogP contribution in [0.3, 0.4) is 0 Å². The van der Waals surface area contributed by atoms with E-state index in [1.54, 1.807) is 82.7 Å². The number of carbonyl (C=O) groups is 5. The lowest BCUT2D eigenvalue weighted by atomic mass is 9.75. The van der Waals surface area contributed by atoms with Gasteiger partial charge in [-0.05, 0) is 218 Å². The summed E-state index contributed by atoms with van der Waals surface area (Å²) >= 11 is 17.5. The lowest BCUT2D eigenvalue weighted by Gasteiger charge is -2.41. The molecule has 764 valence electrons. The Balaban J connectivity index is 0.000000152. The van der Waals surface area contributed by atoms with Gasteiger partial charge in [-0.2, -0.15) is 0 Å². The number of benzene rings is 2. The van der Waals surface area contributed by atoms with Crippen molar-refractivity contribution in [2.75, 3.05) is 123 Å². The molecular weight excluding hydrogens is 1890 g/mol. The standard InChI is InChI=1S/C26H31N5O2.C17H26N4O2.C17H24N4O2.C16H28BNO4.C12H16ClN3O2.C9H6ClN.C7H8ClN3.ClH/c1-26(2,3)33-25(32)30-14-10-19(11-15-30)23-24(28-13-12-27-23)20-16-31(17-20)22-9-8-18-6-4-5-7-21(18)29-22;2*1-17(2,3)23-16(22)21-8-4-12(5-9-21)14-15(13-10-18-11-13)20-7-6-19-14;1-14(2,3)20-13(19)18-10-8-12(9-11-18)17-21-15(4,5)16(6,7)22-17;1-12(2,3)18-11(17)16-6-8(7-16)9-10(13)15-5-4-14-9;10-9-6-5-7-3-1-2-4-8(7)11-9;8-7-6(5-3-9-4-5)10-1-2-11-7;/h4-9,12-13,19-20H,10-11,14-17H2,1-3H3;6-7,12-13,18H,4-5,8-11H2,1-3H3;4,6-7,13,18H,5,8-11H2,1-3H3;8H,9-11H2,1-7H3;4-5,8H,6-7H2,1-3H3;1-6H;1-2,5,9H,3-4H2;1H. The van der Waals surface area contributed by atoms with Gasteiger partial charge in [0.2, 0.25) is 0 Å². The van der Waals surface area contributed by atoms with E-state index in [4.69, 9.17) is 82.7 Å². The molecule has 5 amide bonds. The number of anilines is 1. The van der Waals surface area contributed by atoms with Gasteiger partial charge in [0.05, 0.1) is 67.8 Å². The van der Waals surface area contributed by atoms with Crippen LogP contribution < -0.4 is 20.9 Å². The van der Waals surface area contributed by atoms with Gasteiger partial charge in [-0.3, -0.25) is 39.9 Å². The van der Waals surface area contributed by atoms with Gasteiger partial charge in [0.25, 0.3) is 0 Å². The van der Waals surface area contributed by atoms with E-state index < -0.39 is 28.0 Å². The van der Waals surface area contributed by atoms with Gasteiger partial charge in [-0.15, -0.1) is 12.4 Å². The van der Waals surface area contributed by atoms with Gasteiger partial charge < -0.3 is 78.3 Å². The van der Waals surface area contributed by atoms with Crippen LogP contribution in [0.4, 0.5) is 29.8 Å². The zero-order valence-electron chi connectivity index (χ0n) is 85.4. The summed E-state index contributed by atoms with van der Waals surface area (Å²) in [5, 5.41) is 13.5. The van der Waals surface area contributed by atoms with Crippen molar-refractivity contribution in [3.63, 3.8) is 0 Å². The molecule has 10 aliphatic heterocycles. The zero-order valence-corrected chi connectivity index (χ0v) is 88.5. The molecule has 142 heavy (non-hydrogen) atoms. The number of pyridine rings is 2. The lowest BCUT2D eigenvalue weighted by molar-refractivity contribution is 0.00578. The highest BCUT2D eigenvalue weighted by Crippen LogP contribution is 2.42. The summed E-state index contributed by atoms with van der Waals surface area (Å²) in [7, 11) is -0.314. The number of hydrogen-bond acceptors (Lipinski definition) is 28. The fraction of sp³-hybridized carbons (Fsp3) is 0.548. The van der Waals surface area contributed by atoms with Gasteiger partial charge in [-0.1, -0.05) is 83.4 Å². The van der Waals surface area contributed by atoms with Crippen molar-refractivity contribution in [1.82, 2.24) is 100 Å². The predicted octanol–water partition coefficient (Wildman–Crippen LogP) is 19.0. The van der Waals surface area contributed by atoms with Crippen LogP contribution in [-0.4, -0.2) is 279 Å². The molecule has 8 saturated heterocycles. The van der Waals surface area contributed by atoms with E-state index in [1.165, 1.54) is 5.57 Å². The summed E-state index contributed by atoms with van der Waals surface area (Å²) in [4.78, 5) is 124. The molecule has 0 radical (unpaired) electrons. The Kier molecular flexibility index (Phi) is 37.5. The highest BCUT2D eigenvalue weighted by atomic mass is 35.5. The Bertz CT molecular complexity index is 5800. The summed E-state index contributed by atoms with van der Waals surface area (Å²) in [6, 6.07) is 24.1. The number of fused-ring (bicyclic) bond motifs is 2. The summed E-state index contributed by atoms with van der Waals surface area (Å²) in [5.74, 6) is 3.63. The Morgan fingerprint density at radius 2 is 0.704 bits per heavy atom. The number of amides is 5. The molecule has 7 aromatic heterocycles. The number of nitrogens with zero attached hydrogens (tertiary/aromatic N) is 18. The first kappa shape index (κ1) is 110. The highest BCUT2D eigenvalue weighted by molar-refractivity contribution is 6.54. The molecule has 2 aromatic carbocycles. The van der Waals surface area contributed by atoms with E-state index in [9.17, 15) is 24.0 Å². The minimum Gasteiger partial charge on any atom is -0.444 e. The fourth-order valence-electron chi connectivity index (χ4n) is 16.9. The fourth-order valence-corrected chi connectivity index (χ4v) is 17.5. The van der Waals surface area contributed by atoms with Crippen molar-refractivity contribution < 1.29 is 57.0 Å². The van der Waals surface area contributed by atoms with Gasteiger partial charge in [0.1, 0.15) is 39.0 Å². The van der Waals surface area contributed by atoms with Crippen molar-refractivity contribution in [3.8, 4) is 0 Å². The molecule has 3 N–H and O–H groups in total. The summed E-state index contributed by atoms with van der Waals surface area (Å²) < 4.78 is 39.2. The number of hydrogen-bond donors (Lipinski definition) is 3. The normalized spacial score (nSPS) is 18.5. The molecule has 19 rings (SSSR count). The molecule has 0 spiro atoms. The Hall–Kier alpha value is -10.7. The van der Waals surface area contributed by atoms with Crippen LogP contribution in [0.25, 0.3) is 27.4 Å². The molecule has 33 nitrogen and oxygen atoms in total. The van der Waals surface area contributed by atoms with E-state index in [1.807, 2.05) is 190 Å². The van der Waals surface area contributed by atoms with Crippen molar-refractivity contribution in [2.45, 2.75) is 251 Å². The second-order valence-electron chi connectivity index (χ2n) is 42.8. The van der Waals surface area contributed by atoms with Crippen LogP contribution in [0.5, 0.6) is 0 Å². The smallest absolute Gasteiger partial charge is 0.444 e. The third-order valence-corrected chi connectivity index (χ3v) is 26.2. The summed E-state index contributed by atoms with van der Waals surface area (Å²) in [6.07, 6.45) is 25.1. The number of carbonyl (C=O) groups excluding carboxylic acids is 5. The van der Waals surface area contributed by atoms with Crippen LogP contribution in [0.15, 0.2) is 152 Å². The van der Waals surface area contributed by atoms with Crippen molar-refractivity contribution in [1.29, 1.82) is 0 Å². The van der Waals surface area contributed by atoms with E-state index in [0.717, 1.165) is 183 Å². The Labute approximate surface area is 856 Å². The molecule has 8 fully saturated rings. The van der Waals surface area contributed by atoms with Gasteiger partial charge in [0, 0.05) is 232 Å². The molecular formula is C104H140BCl4N21O12. The predicted molar refractivity (Wildman–Crippen MR) is 555 cm³/mol. The quantitative estimate of drug-likeness (QED) is 0.0650. The maximum atomic E-state index is 12.4. The first-order valence-electron chi connectivity index (χ1n) is 49.0. The van der Waals surface area contributed by atoms with Gasteiger partial charge >= 0.3 is 37.6 Å². The van der Waals surface area contributed by atoms with Crippen LogP contribution in [0.2, 0.25) is 15.5 Å². The van der Waals surface area contributed by atoms with Crippen molar-refractivity contribution in [3.05, 3.63) is 213 Å². The van der Waals surface area contributed by atoms with Gasteiger partial charge in [-0.25, -0.2) is 43.9 Å². The third-order valence-electron chi connectivity index (χ3n) is 25.4. The number of ether oxygens (including phenoxy) is 5. The second-order valence-corrected chi connectivity index (χ2v) is 43.9. The highest BCUT2D eigenvalue weighted by Gasteiger charge is 2.53. The minimum absolute atomic E-state index is 0. The number of halogens is 4. The average Bonchev–Trinajstić information content (AvgIpc) is 1.60. The van der Waals surface area contributed by atoms with E-state index in [0.29, 0.717) is 103 Å². The average molecular weight is 2030 g/mol. The minimum atomic E-state index is -0.470. The number of para-hydroxylation sites is 2. The molecule has 38 heteroatoms. The Morgan fingerprint density at radius 3 is 1.11 bits per heavy atom.